The van der Waals surface area contributed by atoms with Crippen molar-refractivity contribution in [3.05, 3.63) is 35.9 Å². The first kappa shape index (κ1) is 18.1. The standard InChI is InChI=1S/C17H28O3Si/c1-13(20-21(5,6)17(2,3)4)15(18)12-16(19)14-10-8-7-9-11-14/h7-11,13,15,18H,12H2,1-6H3/t13-,15+/m0/s1. The molecule has 1 N–H and O–H groups in total. The van der Waals surface area contributed by atoms with E-state index in [9.17, 15) is 9.90 Å². The molecule has 0 spiro atoms. The molecule has 1 aromatic rings. The van der Waals surface area contributed by atoms with Gasteiger partial charge < -0.3 is 9.53 Å². The van der Waals surface area contributed by atoms with Crippen LogP contribution < -0.4 is 0 Å². The van der Waals surface area contributed by atoms with Crippen LogP contribution in [0.15, 0.2) is 30.3 Å². The van der Waals surface area contributed by atoms with Gasteiger partial charge in [0.05, 0.1) is 12.2 Å². The summed E-state index contributed by atoms with van der Waals surface area (Å²) in [6.45, 7) is 12.6. The Labute approximate surface area is 129 Å². The zero-order valence-corrected chi connectivity index (χ0v) is 15.0. The minimum absolute atomic E-state index is 0.0474. The summed E-state index contributed by atoms with van der Waals surface area (Å²) in [5.41, 5.74) is 0.635. The zero-order valence-electron chi connectivity index (χ0n) is 14.0. The number of aliphatic hydroxyl groups excluding tert-OH is 1. The molecule has 2 atom stereocenters. The Balaban J connectivity index is 2.63. The lowest BCUT2D eigenvalue weighted by Gasteiger charge is -2.39. The van der Waals surface area contributed by atoms with E-state index in [0.29, 0.717) is 5.56 Å². The molecule has 1 rings (SSSR count). The van der Waals surface area contributed by atoms with Crippen LogP contribution in [0.3, 0.4) is 0 Å². The predicted octanol–water partition coefficient (Wildman–Crippen LogP) is 4.03. The Morgan fingerprint density at radius 2 is 1.76 bits per heavy atom. The highest BCUT2D eigenvalue weighted by Crippen LogP contribution is 2.37. The van der Waals surface area contributed by atoms with Gasteiger partial charge in [-0.25, -0.2) is 0 Å². The fourth-order valence-electron chi connectivity index (χ4n) is 1.82. The number of carbonyl (C=O) groups is 1. The fourth-order valence-corrected chi connectivity index (χ4v) is 3.26. The van der Waals surface area contributed by atoms with Crippen molar-refractivity contribution in [1.82, 2.24) is 0 Å². The van der Waals surface area contributed by atoms with Gasteiger partial charge in [0.15, 0.2) is 14.1 Å². The molecule has 118 valence electrons. The Bertz CT molecular complexity index is 463. The molecule has 4 heteroatoms. The van der Waals surface area contributed by atoms with E-state index in [2.05, 4.69) is 33.9 Å². The number of hydrogen-bond acceptors (Lipinski definition) is 3. The second-order valence-electron chi connectivity index (χ2n) is 7.14. The number of rotatable bonds is 6. The topological polar surface area (TPSA) is 46.5 Å². The van der Waals surface area contributed by atoms with Crippen LogP contribution in [0.2, 0.25) is 18.1 Å². The van der Waals surface area contributed by atoms with Crippen molar-refractivity contribution in [3.63, 3.8) is 0 Å². The van der Waals surface area contributed by atoms with Crippen LogP contribution >= 0.6 is 0 Å². The molecule has 21 heavy (non-hydrogen) atoms. The van der Waals surface area contributed by atoms with Gasteiger partial charge in [0.1, 0.15) is 0 Å². The van der Waals surface area contributed by atoms with Gasteiger partial charge in [-0.15, -0.1) is 0 Å². The third-order valence-corrected chi connectivity index (χ3v) is 8.89. The lowest BCUT2D eigenvalue weighted by Crippen LogP contribution is -2.46. The number of hydrogen-bond donors (Lipinski definition) is 1. The number of carbonyl (C=O) groups excluding carboxylic acids is 1. The van der Waals surface area contributed by atoms with Crippen LogP contribution in [-0.2, 0) is 4.43 Å². The van der Waals surface area contributed by atoms with Gasteiger partial charge in [0.25, 0.3) is 0 Å². The Kier molecular flexibility index (Phi) is 5.90. The van der Waals surface area contributed by atoms with Crippen LogP contribution in [0.5, 0.6) is 0 Å². The minimum Gasteiger partial charge on any atom is -0.412 e. The minimum atomic E-state index is -1.93. The normalized spacial score (nSPS) is 15.6. The van der Waals surface area contributed by atoms with Gasteiger partial charge in [-0.05, 0) is 25.1 Å². The molecular weight excluding hydrogens is 280 g/mol. The molecule has 0 amide bonds. The van der Waals surface area contributed by atoms with Gasteiger partial charge in [0, 0.05) is 12.0 Å². The molecule has 3 nitrogen and oxygen atoms in total. The summed E-state index contributed by atoms with van der Waals surface area (Å²) in [5.74, 6) is -0.0474. The highest BCUT2D eigenvalue weighted by molar-refractivity contribution is 6.74. The van der Waals surface area contributed by atoms with E-state index < -0.39 is 14.4 Å². The Morgan fingerprint density at radius 1 is 1.24 bits per heavy atom. The van der Waals surface area contributed by atoms with Crippen molar-refractivity contribution in [2.75, 3.05) is 0 Å². The highest BCUT2D eigenvalue weighted by Gasteiger charge is 2.39. The third-order valence-electron chi connectivity index (χ3n) is 4.32. The van der Waals surface area contributed by atoms with Crippen molar-refractivity contribution < 1.29 is 14.3 Å². The number of benzene rings is 1. The van der Waals surface area contributed by atoms with Gasteiger partial charge in [-0.1, -0.05) is 51.1 Å². The summed E-state index contributed by atoms with van der Waals surface area (Å²) in [4.78, 5) is 12.1. The fraction of sp³-hybridized carbons (Fsp3) is 0.588. The number of ketones is 1. The van der Waals surface area contributed by atoms with Crippen LogP contribution in [0, 0.1) is 0 Å². The molecule has 0 saturated heterocycles. The van der Waals surface area contributed by atoms with E-state index in [1.807, 2.05) is 25.1 Å². The van der Waals surface area contributed by atoms with E-state index in [1.54, 1.807) is 12.1 Å². The van der Waals surface area contributed by atoms with Gasteiger partial charge in [-0.2, -0.15) is 0 Å². The molecule has 0 radical (unpaired) electrons. The maximum Gasteiger partial charge on any atom is 0.192 e. The van der Waals surface area contributed by atoms with Gasteiger partial charge >= 0.3 is 0 Å². The van der Waals surface area contributed by atoms with E-state index in [4.69, 9.17) is 4.43 Å². The van der Waals surface area contributed by atoms with Crippen LogP contribution in [-0.4, -0.2) is 31.4 Å². The monoisotopic (exact) mass is 308 g/mol. The Morgan fingerprint density at radius 3 is 2.24 bits per heavy atom. The average molecular weight is 308 g/mol. The molecule has 0 saturated carbocycles. The maximum atomic E-state index is 12.1. The lowest BCUT2D eigenvalue weighted by molar-refractivity contribution is 0.0324. The summed E-state index contributed by atoms with van der Waals surface area (Å²) in [6, 6.07) is 9.07. The highest BCUT2D eigenvalue weighted by atomic mass is 28.4. The molecule has 0 heterocycles. The molecule has 0 aliphatic rings. The summed E-state index contributed by atoms with van der Waals surface area (Å²) >= 11 is 0. The van der Waals surface area contributed by atoms with Crippen molar-refractivity contribution >= 4 is 14.1 Å². The van der Waals surface area contributed by atoms with Crippen LogP contribution in [0.25, 0.3) is 0 Å². The van der Waals surface area contributed by atoms with Crippen LogP contribution in [0.4, 0.5) is 0 Å². The van der Waals surface area contributed by atoms with Crippen molar-refractivity contribution in [1.29, 1.82) is 0 Å². The smallest absolute Gasteiger partial charge is 0.192 e. The molecule has 0 aliphatic carbocycles. The van der Waals surface area contributed by atoms with Gasteiger partial charge in [0.2, 0.25) is 0 Å². The quantitative estimate of drug-likeness (QED) is 0.637. The van der Waals surface area contributed by atoms with Crippen molar-refractivity contribution in [2.45, 2.75) is 64.5 Å². The average Bonchev–Trinajstić information content (AvgIpc) is 2.37. The number of aliphatic hydroxyl groups is 1. The Hall–Kier alpha value is -0.973. The van der Waals surface area contributed by atoms with Crippen molar-refractivity contribution in [3.8, 4) is 0 Å². The third kappa shape index (κ3) is 5.06. The largest absolute Gasteiger partial charge is 0.412 e. The molecule has 0 unspecified atom stereocenters. The second kappa shape index (κ2) is 6.86. The van der Waals surface area contributed by atoms with Crippen LogP contribution in [0.1, 0.15) is 44.5 Å². The van der Waals surface area contributed by atoms with E-state index in [0.717, 1.165) is 0 Å². The summed E-state index contributed by atoms with van der Waals surface area (Å²) < 4.78 is 6.14. The first-order valence-electron chi connectivity index (χ1n) is 7.49. The van der Waals surface area contributed by atoms with E-state index >= 15 is 0 Å². The SMILES string of the molecule is C[C@H](O[Si](C)(C)C(C)(C)C)[C@H](O)CC(=O)c1ccccc1. The molecule has 0 fully saturated rings. The molecular formula is C17H28O3Si. The zero-order chi connectivity index (χ0) is 16.3. The summed E-state index contributed by atoms with van der Waals surface area (Å²) in [5, 5.41) is 10.3. The molecule has 0 aromatic heterocycles. The van der Waals surface area contributed by atoms with Crippen molar-refractivity contribution in [2.24, 2.45) is 0 Å². The van der Waals surface area contributed by atoms with E-state index in [1.165, 1.54) is 0 Å². The summed E-state index contributed by atoms with van der Waals surface area (Å²) in [7, 11) is -1.93. The van der Waals surface area contributed by atoms with Gasteiger partial charge in [-0.3, -0.25) is 4.79 Å². The number of Topliss-reactive ketones (excluding diaryl/α,β-unsaturated/α-hetero) is 1. The molecule has 1 aromatic carbocycles. The molecule has 0 bridgehead atoms. The maximum absolute atomic E-state index is 12.1. The lowest BCUT2D eigenvalue weighted by atomic mass is 10.0. The first-order chi connectivity index (χ1) is 9.54. The second-order valence-corrected chi connectivity index (χ2v) is 11.9. The first-order valence-corrected chi connectivity index (χ1v) is 10.4. The van der Waals surface area contributed by atoms with E-state index in [-0.39, 0.29) is 23.3 Å². The summed E-state index contributed by atoms with van der Waals surface area (Å²) in [6.07, 6.45) is -1.01. The molecule has 0 aliphatic heterocycles. The predicted molar refractivity (Wildman–Crippen MR) is 89.1 cm³/mol.